The minimum absolute atomic E-state index is 0.0369. The highest BCUT2D eigenvalue weighted by molar-refractivity contribution is 5.94. The molecule has 214 valence electrons. The van der Waals surface area contributed by atoms with Gasteiger partial charge in [0.15, 0.2) is 0 Å². The van der Waals surface area contributed by atoms with Crippen LogP contribution in [0.1, 0.15) is 52.4 Å². The van der Waals surface area contributed by atoms with Crippen molar-refractivity contribution in [1.82, 2.24) is 34.6 Å². The molecular weight excluding hydrogens is 514 g/mol. The van der Waals surface area contributed by atoms with Crippen LogP contribution in [0.3, 0.4) is 0 Å². The molecule has 0 aliphatic carbocycles. The number of rotatable bonds is 10. The summed E-state index contributed by atoms with van der Waals surface area (Å²) < 4.78 is 5.40. The Morgan fingerprint density at radius 2 is 1.51 bits per heavy atom. The van der Waals surface area contributed by atoms with Crippen LogP contribution < -0.4 is 4.74 Å². The lowest BCUT2D eigenvalue weighted by molar-refractivity contribution is 0.0721. The van der Waals surface area contributed by atoms with E-state index in [1.165, 1.54) is 30.4 Å². The van der Waals surface area contributed by atoms with Crippen LogP contribution in [-0.2, 0) is 26.2 Å². The monoisotopic (exact) mass is 553 g/mol. The van der Waals surface area contributed by atoms with Crippen molar-refractivity contribution in [2.45, 2.75) is 45.4 Å². The number of likely N-dealkylation sites (tertiary alicyclic amines) is 2. The minimum Gasteiger partial charge on any atom is -0.497 e. The normalized spacial score (nSPS) is 17.2. The number of carbonyl (C=O) groups is 1. The summed E-state index contributed by atoms with van der Waals surface area (Å²) in [5.41, 5.74) is 3.67. The van der Waals surface area contributed by atoms with E-state index >= 15 is 0 Å². The maximum absolute atomic E-state index is 13.5. The summed E-state index contributed by atoms with van der Waals surface area (Å²) in [5, 5.41) is 0. The summed E-state index contributed by atoms with van der Waals surface area (Å²) in [5.74, 6) is 2.39. The highest BCUT2D eigenvalue weighted by atomic mass is 16.5. The zero-order valence-corrected chi connectivity index (χ0v) is 23.8. The third-order valence-electron chi connectivity index (χ3n) is 8.66. The number of methoxy groups -OCH3 is 1. The molecule has 1 amide bonds. The van der Waals surface area contributed by atoms with Crippen molar-refractivity contribution >= 4 is 5.91 Å². The number of nitrogens with zero attached hydrogens (tertiary/aromatic N) is 5. The minimum atomic E-state index is -0.0369. The van der Waals surface area contributed by atoms with Crippen LogP contribution in [-0.4, -0.2) is 73.8 Å². The van der Waals surface area contributed by atoms with Crippen LogP contribution in [0, 0.1) is 5.41 Å². The molecule has 2 aliphatic heterocycles. The third-order valence-corrected chi connectivity index (χ3v) is 8.66. The number of nitrogens with one attached hydrogen (secondary N) is 2. The van der Waals surface area contributed by atoms with Crippen molar-refractivity contribution in [2.75, 3.05) is 33.3 Å². The quantitative estimate of drug-likeness (QED) is 0.301. The molecule has 2 aliphatic rings. The van der Waals surface area contributed by atoms with Crippen LogP contribution >= 0.6 is 0 Å². The van der Waals surface area contributed by atoms with E-state index < -0.39 is 0 Å². The first-order valence-corrected chi connectivity index (χ1v) is 14.5. The van der Waals surface area contributed by atoms with Crippen LogP contribution in [0.4, 0.5) is 0 Å². The largest absolute Gasteiger partial charge is 0.497 e. The third kappa shape index (κ3) is 6.69. The number of hydrogen-bond donors (Lipinski definition) is 2. The molecule has 4 heterocycles. The van der Waals surface area contributed by atoms with Gasteiger partial charge in [0.25, 0.3) is 5.91 Å². The zero-order chi connectivity index (χ0) is 28.1. The fraction of sp³-hybridized carbons (Fsp3) is 0.406. The average molecular weight is 554 g/mol. The first-order chi connectivity index (χ1) is 20.1. The van der Waals surface area contributed by atoms with Gasteiger partial charge in [-0.05, 0) is 79.7 Å². The van der Waals surface area contributed by atoms with Gasteiger partial charge in [-0.3, -0.25) is 14.6 Å². The molecule has 9 heteroatoms. The Balaban J connectivity index is 1.02. The number of benzene rings is 2. The molecule has 9 nitrogen and oxygen atoms in total. The van der Waals surface area contributed by atoms with Crippen molar-refractivity contribution in [2.24, 2.45) is 5.41 Å². The van der Waals surface area contributed by atoms with Gasteiger partial charge in [0, 0.05) is 50.0 Å². The SMILES string of the molecule is COc1cccc(CN2CCC3(CC2)CCN(Cc2ccc(C(=O)N(Cc4ncc[nH]4)Cc4ncc[nH]4)cc2)C3)c1. The van der Waals surface area contributed by atoms with Crippen molar-refractivity contribution in [1.29, 1.82) is 0 Å². The number of amides is 1. The second-order valence-corrected chi connectivity index (χ2v) is 11.5. The first-order valence-electron chi connectivity index (χ1n) is 14.5. The van der Waals surface area contributed by atoms with Gasteiger partial charge in [0.05, 0.1) is 20.2 Å². The summed E-state index contributed by atoms with van der Waals surface area (Å²) in [6.07, 6.45) is 10.7. The van der Waals surface area contributed by atoms with Crippen molar-refractivity contribution in [3.05, 3.63) is 102 Å². The van der Waals surface area contributed by atoms with Crippen molar-refractivity contribution in [3.63, 3.8) is 0 Å². The van der Waals surface area contributed by atoms with E-state index in [0.717, 1.165) is 56.7 Å². The van der Waals surface area contributed by atoms with Crippen LogP contribution in [0.25, 0.3) is 0 Å². The van der Waals surface area contributed by atoms with E-state index in [1.54, 1.807) is 36.8 Å². The fourth-order valence-electron chi connectivity index (χ4n) is 6.31. The zero-order valence-electron chi connectivity index (χ0n) is 23.8. The predicted molar refractivity (Wildman–Crippen MR) is 157 cm³/mol. The lowest BCUT2D eigenvalue weighted by Gasteiger charge is -2.39. The molecule has 1 spiro atoms. The van der Waals surface area contributed by atoms with E-state index in [1.807, 2.05) is 18.2 Å². The predicted octanol–water partition coefficient (Wildman–Crippen LogP) is 4.47. The van der Waals surface area contributed by atoms with E-state index in [-0.39, 0.29) is 5.91 Å². The number of aromatic amines is 2. The molecule has 0 unspecified atom stereocenters. The molecule has 4 aromatic rings. The second kappa shape index (κ2) is 12.3. The second-order valence-electron chi connectivity index (χ2n) is 11.5. The Labute approximate surface area is 241 Å². The van der Waals surface area contributed by atoms with E-state index in [0.29, 0.717) is 24.1 Å². The molecular formula is C32H39N7O2. The first kappa shape index (κ1) is 27.2. The standard InChI is InChI=1S/C32H39N7O2/c1-41-28-4-2-3-26(19-28)21-37-16-9-32(10-17-37)11-18-38(24-32)20-25-5-7-27(8-6-25)31(40)39(22-29-33-12-13-34-29)23-30-35-14-15-36-30/h2-8,12-15,19H,9-11,16-18,20-24H2,1H3,(H,33,34)(H,35,36). The summed E-state index contributed by atoms with van der Waals surface area (Å²) in [4.78, 5) is 35.2. The highest BCUT2D eigenvalue weighted by Gasteiger charge is 2.40. The van der Waals surface area contributed by atoms with Gasteiger partial charge < -0.3 is 19.6 Å². The van der Waals surface area contributed by atoms with Gasteiger partial charge in [0.2, 0.25) is 0 Å². The number of aromatic nitrogens is 4. The Bertz CT molecular complexity index is 1360. The van der Waals surface area contributed by atoms with E-state index in [9.17, 15) is 4.79 Å². The van der Waals surface area contributed by atoms with Crippen LogP contribution in [0.15, 0.2) is 73.3 Å². The summed E-state index contributed by atoms with van der Waals surface area (Å²) in [6, 6.07) is 16.5. The smallest absolute Gasteiger partial charge is 0.254 e. The molecule has 0 radical (unpaired) electrons. The molecule has 0 atom stereocenters. The fourth-order valence-corrected chi connectivity index (χ4v) is 6.31. The number of H-pyrrole nitrogens is 2. The Morgan fingerprint density at radius 1 is 0.878 bits per heavy atom. The summed E-state index contributed by atoms with van der Waals surface area (Å²) in [6.45, 7) is 7.27. The van der Waals surface area contributed by atoms with E-state index in [2.05, 4.69) is 60.1 Å². The number of carbonyl (C=O) groups excluding carboxylic acids is 1. The molecule has 6 rings (SSSR count). The van der Waals surface area contributed by atoms with Gasteiger partial charge in [-0.1, -0.05) is 24.3 Å². The van der Waals surface area contributed by atoms with Crippen LogP contribution in [0.5, 0.6) is 5.75 Å². The summed E-state index contributed by atoms with van der Waals surface area (Å²) >= 11 is 0. The van der Waals surface area contributed by atoms with Crippen molar-refractivity contribution in [3.8, 4) is 5.75 Å². The van der Waals surface area contributed by atoms with Gasteiger partial charge in [-0.25, -0.2) is 9.97 Å². The Hall–Kier alpha value is -3.95. The molecule has 0 saturated carbocycles. The Kier molecular flexibility index (Phi) is 8.16. The molecule has 2 N–H and O–H groups in total. The number of ether oxygens (including phenoxy) is 1. The van der Waals surface area contributed by atoms with Gasteiger partial charge in [0.1, 0.15) is 17.4 Å². The number of hydrogen-bond acceptors (Lipinski definition) is 6. The Morgan fingerprint density at radius 3 is 2.12 bits per heavy atom. The van der Waals surface area contributed by atoms with E-state index in [4.69, 9.17) is 4.74 Å². The van der Waals surface area contributed by atoms with Crippen molar-refractivity contribution < 1.29 is 9.53 Å². The maximum Gasteiger partial charge on any atom is 0.254 e. The topological polar surface area (TPSA) is 93.4 Å². The molecule has 41 heavy (non-hydrogen) atoms. The maximum atomic E-state index is 13.5. The highest BCUT2D eigenvalue weighted by Crippen LogP contribution is 2.41. The average Bonchev–Trinajstić information content (AvgIpc) is 3.78. The van der Waals surface area contributed by atoms with Crippen LogP contribution in [0.2, 0.25) is 0 Å². The molecule has 0 bridgehead atoms. The molecule has 2 saturated heterocycles. The number of piperidine rings is 1. The lowest BCUT2D eigenvalue weighted by Crippen LogP contribution is -2.41. The van der Waals surface area contributed by atoms with Gasteiger partial charge >= 0.3 is 0 Å². The number of imidazole rings is 2. The van der Waals surface area contributed by atoms with Gasteiger partial charge in [-0.2, -0.15) is 0 Å². The lowest BCUT2D eigenvalue weighted by atomic mass is 9.77. The molecule has 2 aromatic carbocycles. The van der Waals surface area contributed by atoms with Gasteiger partial charge in [-0.15, -0.1) is 0 Å². The molecule has 2 aromatic heterocycles. The molecule has 2 fully saturated rings. The summed E-state index contributed by atoms with van der Waals surface area (Å²) in [7, 11) is 1.73.